The fraction of sp³-hybridized carbons (Fsp3) is 0.333. The van der Waals surface area contributed by atoms with Crippen LogP contribution in [-0.4, -0.2) is 72.6 Å². The number of ether oxygens (including phenoxy) is 2. The van der Waals surface area contributed by atoms with E-state index in [-0.39, 0.29) is 11.3 Å². The van der Waals surface area contributed by atoms with Crippen molar-refractivity contribution in [3.05, 3.63) is 83.4 Å². The molecule has 2 aliphatic heterocycles. The molecule has 1 N–H and O–H groups in total. The molecule has 7 nitrogen and oxygen atoms in total. The third-order valence-corrected chi connectivity index (χ3v) is 6.17. The SMILES string of the molecule is C=CCOc1cccc([C@H]2C(=C(O)c3ccc(C)cc3)C(=O)C(=O)N2CCN2CCOCC2)c1. The Hall–Kier alpha value is -3.42. The molecule has 2 aromatic rings. The third kappa shape index (κ3) is 5.05. The molecule has 2 aromatic carbocycles. The van der Waals surface area contributed by atoms with E-state index < -0.39 is 17.7 Å². The predicted molar refractivity (Wildman–Crippen MR) is 130 cm³/mol. The van der Waals surface area contributed by atoms with Crippen molar-refractivity contribution in [3.63, 3.8) is 0 Å². The number of aliphatic hydroxyl groups excluding tert-OH is 1. The van der Waals surface area contributed by atoms with Gasteiger partial charge in [0.15, 0.2) is 0 Å². The molecule has 4 rings (SSSR count). The number of carbonyl (C=O) groups excluding carboxylic acids is 2. The third-order valence-electron chi connectivity index (χ3n) is 6.17. The Labute approximate surface area is 199 Å². The zero-order valence-electron chi connectivity index (χ0n) is 19.4. The average Bonchev–Trinajstić information content (AvgIpc) is 3.12. The number of aryl methyl sites for hydroxylation is 1. The number of carbonyl (C=O) groups is 2. The molecule has 0 radical (unpaired) electrons. The Morgan fingerprint density at radius 3 is 2.59 bits per heavy atom. The zero-order chi connectivity index (χ0) is 24.1. The lowest BCUT2D eigenvalue weighted by Crippen LogP contribution is -2.42. The second kappa shape index (κ2) is 10.7. The van der Waals surface area contributed by atoms with Crippen LogP contribution in [0.2, 0.25) is 0 Å². The summed E-state index contributed by atoms with van der Waals surface area (Å²) in [7, 11) is 0. The van der Waals surface area contributed by atoms with Crippen LogP contribution < -0.4 is 4.74 Å². The molecular formula is C27H30N2O5. The van der Waals surface area contributed by atoms with E-state index in [0.717, 1.165) is 18.7 Å². The van der Waals surface area contributed by atoms with E-state index >= 15 is 0 Å². The smallest absolute Gasteiger partial charge is 0.295 e. The number of morpholine rings is 1. The molecule has 7 heteroatoms. The lowest BCUT2D eigenvalue weighted by atomic mass is 9.95. The number of hydrogen-bond acceptors (Lipinski definition) is 6. The van der Waals surface area contributed by atoms with Crippen molar-refractivity contribution in [3.8, 4) is 5.75 Å². The summed E-state index contributed by atoms with van der Waals surface area (Å²) in [4.78, 5) is 30.1. The molecule has 0 saturated carbocycles. The van der Waals surface area contributed by atoms with Crippen LogP contribution in [0.3, 0.4) is 0 Å². The molecule has 1 amide bonds. The average molecular weight is 463 g/mol. The van der Waals surface area contributed by atoms with E-state index in [4.69, 9.17) is 9.47 Å². The number of nitrogens with zero attached hydrogens (tertiary/aromatic N) is 2. The van der Waals surface area contributed by atoms with Gasteiger partial charge in [0.2, 0.25) is 0 Å². The van der Waals surface area contributed by atoms with Gasteiger partial charge in [0, 0.05) is 31.7 Å². The van der Waals surface area contributed by atoms with Crippen LogP contribution in [0.15, 0.2) is 66.8 Å². The van der Waals surface area contributed by atoms with Gasteiger partial charge in [0.25, 0.3) is 11.7 Å². The number of ketones is 1. The van der Waals surface area contributed by atoms with Crippen LogP contribution in [-0.2, 0) is 14.3 Å². The van der Waals surface area contributed by atoms with Gasteiger partial charge in [-0.15, -0.1) is 0 Å². The standard InChI is InChI=1S/C27H30N2O5/c1-3-15-34-22-6-4-5-21(18-22)24-23(25(30)20-9-7-19(2)8-10-20)26(31)27(32)29(24)12-11-28-13-16-33-17-14-28/h3-10,18,24,30H,1,11-17H2,2H3/t24-/m0/s1. The molecule has 0 unspecified atom stereocenters. The lowest BCUT2D eigenvalue weighted by Gasteiger charge is -2.31. The Morgan fingerprint density at radius 1 is 1.15 bits per heavy atom. The molecule has 2 heterocycles. The molecule has 0 spiro atoms. The van der Waals surface area contributed by atoms with Crippen molar-refractivity contribution in [2.75, 3.05) is 46.0 Å². The van der Waals surface area contributed by atoms with Gasteiger partial charge in [-0.05, 0) is 24.6 Å². The fourth-order valence-corrected chi connectivity index (χ4v) is 4.33. The first kappa shape index (κ1) is 23.7. The van der Waals surface area contributed by atoms with Crippen LogP contribution in [0.1, 0.15) is 22.7 Å². The van der Waals surface area contributed by atoms with Gasteiger partial charge in [0.05, 0.1) is 24.8 Å². The van der Waals surface area contributed by atoms with Crippen LogP contribution in [0.4, 0.5) is 0 Å². The van der Waals surface area contributed by atoms with Gasteiger partial charge in [-0.25, -0.2) is 0 Å². The normalized spacial score (nSPS) is 20.5. The molecule has 2 saturated heterocycles. The lowest BCUT2D eigenvalue weighted by molar-refractivity contribution is -0.140. The van der Waals surface area contributed by atoms with E-state index in [0.29, 0.717) is 49.8 Å². The van der Waals surface area contributed by atoms with E-state index in [2.05, 4.69) is 11.5 Å². The van der Waals surface area contributed by atoms with Gasteiger partial charge in [-0.1, -0.05) is 54.6 Å². The quantitative estimate of drug-likeness (QED) is 0.281. The number of hydrogen-bond donors (Lipinski definition) is 1. The van der Waals surface area contributed by atoms with Crippen LogP contribution in [0, 0.1) is 6.92 Å². The highest BCUT2D eigenvalue weighted by Crippen LogP contribution is 2.40. The Bertz CT molecular complexity index is 1090. The highest BCUT2D eigenvalue weighted by molar-refractivity contribution is 6.46. The first-order chi connectivity index (χ1) is 16.5. The van der Waals surface area contributed by atoms with Crippen LogP contribution >= 0.6 is 0 Å². The van der Waals surface area contributed by atoms with E-state index in [9.17, 15) is 14.7 Å². The molecule has 0 aromatic heterocycles. The highest BCUT2D eigenvalue weighted by Gasteiger charge is 2.46. The maximum Gasteiger partial charge on any atom is 0.295 e. The van der Waals surface area contributed by atoms with E-state index in [1.165, 1.54) is 0 Å². The summed E-state index contributed by atoms with van der Waals surface area (Å²) in [5.74, 6) is -0.854. The van der Waals surface area contributed by atoms with Crippen LogP contribution in [0.5, 0.6) is 5.75 Å². The summed E-state index contributed by atoms with van der Waals surface area (Å²) in [5, 5.41) is 11.2. The number of benzene rings is 2. The Kier molecular flexibility index (Phi) is 7.45. The first-order valence-corrected chi connectivity index (χ1v) is 11.5. The molecule has 178 valence electrons. The second-order valence-electron chi connectivity index (χ2n) is 8.48. The summed E-state index contributed by atoms with van der Waals surface area (Å²) in [6.07, 6.45) is 1.65. The van der Waals surface area contributed by atoms with Crippen molar-refractivity contribution in [1.82, 2.24) is 9.80 Å². The minimum absolute atomic E-state index is 0.0942. The molecule has 0 bridgehead atoms. The summed E-state index contributed by atoms with van der Waals surface area (Å²) in [5.41, 5.74) is 2.33. The van der Waals surface area contributed by atoms with Gasteiger partial charge >= 0.3 is 0 Å². The number of aliphatic hydroxyl groups is 1. The second-order valence-corrected chi connectivity index (χ2v) is 8.48. The van der Waals surface area contributed by atoms with Gasteiger partial charge < -0.3 is 19.5 Å². The monoisotopic (exact) mass is 462 g/mol. The summed E-state index contributed by atoms with van der Waals surface area (Å²) >= 11 is 0. The van der Waals surface area contributed by atoms with E-state index in [1.807, 2.05) is 43.3 Å². The Balaban J connectivity index is 1.73. The summed E-state index contributed by atoms with van der Waals surface area (Å²) in [6.45, 7) is 9.80. The minimum Gasteiger partial charge on any atom is -0.507 e. The predicted octanol–water partition coefficient (Wildman–Crippen LogP) is 3.31. The minimum atomic E-state index is -0.713. The van der Waals surface area contributed by atoms with Gasteiger partial charge in [-0.3, -0.25) is 14.5 Å². The van der Waals surface area contributed by atoms with E-state index in [1.54, 1.807) is 23.1 Å². The topological polar surface area (TPSA) is 79.3 Å². The summed E-state index contributed by atoms with van der Waals surface area (Å²) in [6, 6.07) is 13.8. The van der Waals surface area contributed by atoms with Crippen molar-refractivity contribution in [2.24, 2.45) is 0 Å². The highest BCUT2D eigenvalue weighted by atomic mass is 16.5. The first-order valence-electron chi connectivity index (χ1n) is 11.5. The molecule has 0 aliphatic carbocycles. The molecule has 2 fully saturated rings. The number of amides is 1. The van der Waals surface area contributed by atoms with Crippen molar-refractivity contribution >= 4 is 17.4 Å². The number of likely N-dealkylation sites (tertiary alicyclic amines) is 1. The van der Waals surface area contributed by atoms with Crippen molar-refractivity contribution in [1.29, 1.82) is 0 Å². The molecule has 34 heavy (non-hydrogen) atoms. The largest absolute Gasteiger partial charge is 0.507 e. The molecule has 2 aliphatic rings. The van der Waals surface area contributed by atoms with Crippen LogP contribution in [0.25, 0.3) is 5.76 Å². The maximum absolute atomic E-state index is 13.2. The number of rotatable bonds is 8. The van der Waals surface area contributed by atoms with Crippen molar-refractivity contribution in [2.45, 2.75) is 13.0 Å². The zero-order valence-corrected chi connectivity index (χ0v) is 19.4. The fourth-order valence-electron chi connectivity index (χ4n) is 4.33. The molecule has 1 atom stereocenters. The van der Waals surface area contributed by atoms with Gasteiger partial charge in [-0.2, -0.15) is 0 Å². The summed E-state index contributed by atoms with van der Waals surface area (Å²) < 4.78 is 11.1. The number of Topliss-reactive ketones (excluding diaryl/α,β-unsaturated/α-hetero) is 1. The maximum atomic E-state index is 13.2. The van der Waals surface area contributed by atoms with Gasteiger partial charge in [0.1, 0.15) is 18.1 Å². The Morgan fingerprint density at radius 2 is 1.88 bits per heavy atom. The molecular weight excluding hydrogens is 432 g/mol. The van der Waals surface area contributed by atoms with Crippen molar-refractivity contribution < 1.29 is 24.2 Å².